The van der Waals surface area contributed by atoms with Gasteiger partial charge in [-0.05, 0) is 35.1 Å². The van der Waals surface area contributed by atoms with Gasteiger partial charge in [-0.3, -0.25) is 9.78 Å². The minimum atomic E-state index is -1.17. The molecule has 1 unspecified atom stereocenters. The van der Waals surface area contributed by atoms with Gasteiger partial charge in [-0.1, -0.05) is 48.5 Å². The molecule has 1 heterocycles. The zero-order chi connectivity index (χ0) is 23.9. The Hall–Kier alpha value is -4.27. The molecule has 34 heavy (non-hydrogen) atoms. The molecule has 1 aromatic heterocycles. The van der Waals surface area contributed by atoms with Crippen LogP contribution in [0, 0.1) is 0 Å². The quantitative estimate of drug-likeness (QED) is 0.419. The van der Waals surface area contributed by atoms with Crippen LogP contribution in [0.3, 0.4) is 0 Å². The van der Waals surface area contributed by atoms with E-state index in [1.54, 1.807) is 0 Å². The van der Waals surface area contributed by atoms with E-state index >= 15 is 0 Å². The van der Waals surface area contributed by atoms with Crippen LogP contribution < -0.4 is 10.6 Å². The Kier molecular flexibility index (Phi) is 7.12. The fourth-order valence-electron chi connectivity index (χ4n) is 4.05. The molecule has 1 aliphatic rings. The van der Waals surface area contributed by atoms with E-state index < -0.39 is 24.0 Å². The maximum absolute atomic E-state index is 12.4. The normalized spacial score (nSPS) is 12.8. The van der Waals surface area contributed by atoms with Crippen LogP contribution in [-0.4, -0.2) is 52.2 Å². The Labute approximate surface area is 196 Å². The Morgan fingerprint density at radius 1 is 1.00 bits per heavy atom. The predicted molar refractivity (Wildman–Crippen MR) is 123 cm³/mol. The van der Waals surface area contributed by atoms with Gasteiger partial charge in [0.15, 0.2) is 0 Å². The molecule has 0 spiro atoms. The second-order valence-electron chi connectivity index (χ2n) is 7.85. The highest BCUT2D eigenvalue weighted by atomic mass is 16.5. The van der Waals surface area contributed by atoms with E-state index in [2.05, 4.69) is 20.6 Å². The molecule has 0 saturated carbocycles. The van der Waals surface area contributed by atoms with Crippen LogP contribution in [0.5, 0.6) is 0 Å². The zero-order valence-corrected chi connectivity index (χ0v) is 18.3. The number of aliphatic carboxylic acids is 1. The van der Waals surface area contributed by atoms with E-state index in [0.717, 1.165) is 22.3 Å². The number of aromatic nitrogens is 2. The molecule has 3 aromatic rings. The first kappa shape index (κ1) is 22.9. The summed E-state index contributed by atoms with van der Waals surface area (Å²) >= 11 is 0. The fourth-order valence-corrected chi connectivity index (χ4v) is 4.05. The number of fused-ring (bicyclic) bond motifs is 3. The molecule has 4 rings (SSSR count). The summed E-state index contributed by atoms with van der Waals surface area (Å²) in [4.78, 5) is 43.7. The maximum Gasteiger partial charge on any atom is 0.407 e. The van der Waals surface area contributed by atoms with E-state index in [-0.39, 0.29) is 31.2 Å². The van der Waals surface area contributed by atoms with Crippen molar-refractivity contribution < 1.29 is 24.2 Å². The van der Waals surface area contributed by atoms with Crippen molar-refractivity contribution in [2.24, 2.45) is 0 Å². The zero-order valence-electron chi connectivity index (χ0n) is 18.3. The first-order valence-electron chi connectivity index (χ1n) is 10.9. The number of nitrogens with one attached hydrogen (secondary N) is 2. The van der Waals surface area contributed by atoms with Gasteiger partial charge in [-0.15, -0.1) is 0 Å². The van der Waals surface area contributed by atoms with Crippen LogP contribution in [0.15, 0.2) is 67.1 Å². The molecular weight excluding hydrogens is 436 g/mol. The van der Waals surface area contributed by atoms with Crippen molar-refractivity contribution in [3.63, 3.8) is 0 Å². The van der Waals surface area contributed by atoms with Crippen LogP contribution in [0.25, 0.3) is 11.1 Å². The molecule has 0 fully saturated rings. The van der Waals surface area contributed by atoms with Crippen molar-refractivity contribution >= 4 is 18.0 Å². The molecular formula is C25H24N4O5. The number of amides is 2. The Balaban J connectivity index is 1.27. The summed E-state index contributed by atoms with van der Waals surface area (Å²) in [5.41, 5.74) is 4.54. The third-order valence-corrected chi connectivity index (χ3v) is 5.68. The highest BCUT2D eigenvalue weighted by molar-refractivity contribution is 5.91. The van der Waals surface area contributed by atoms with Gasteiger partial charge in [0.25, 0.3) is 5.91 Å². The van der Waals surface area contributed by atoms with E-state index in [9.17, 15) is 19.5 Å². The molecule has 1 atom stereocenters. The maximum atomic E-state index is 12.4. The predicted octanol–water partition coefficient (Wildman–Crippen LogP) is 2.98. The minimum Gasteiger partial charge on any atom is -0.480 e. The van der Waals surface area contributed by atoms with Gasteiger partial charge in [-0.25, -0.2) is 14.6 Å². The van der Waals surface area contributed by atoms with Crippen LogP contribution in [-0.2, 0) is 9.53 Å². The highest BCUT2D eigenvalue weighted by Gasteiger charge is 2.29. The molecule has 3 N–H and O–H groups in total. The van der Waals surface area contributed by atoms with Crippen molar-refractivity contribution in [2.45, 2.75) is 24.8 Å². The number of carbonyl (C=O) groups is 3. The minimum absolute atomic E-state index is 0.0976. The standard InChI is InChI=1S/C25H24N4O5/c30-23(22-14-26-12-13-27-22)28-11-5-10-21(24(31)32)29-25(33)34-15-20-18-8-3-1-6-16(18)17-7-2-4-9-19(17)20/h1-4,6-9,12-14,20-21H,5,10-11,15H2,(H,28,30)(H,29,33)(H,31,32). The summed E-state index contributed by atoms with van der Waals surface area (Å²) < 4.78 is 5.42. The molecule has 0 radical (unpaired) electrons. The average molecular weight is 460 g/mol. The van der Waals surface area contributed by atoms with E-state index in [1.165, 1.54) is 18.6 Å². The van der Waals surface area contributed by atoms with Gasteiger partial charge in [0, 0.05) is 24.9 Å². The number of alkyl carbamates (subject to hydrolysis) is 1. The third kappa shape index (κ3) is 5.20. The average Bonchev–Trinajstić information content (AvgIpc) is 3.18. The van der Waals surface area contributed by atoms with Gasteiger partial charge in [0.05, 0.1) is 6.20 Å². The lowest BCUT2D eigenvalue weighted by atomic mass is 9.98. The summed E-state index contributed by atoms with van der Waals surface area (Å²) in [5.74, 6) is -1.68. The third-order valence-electron chi connectivity index (χ3n) is 5.68. The number of rotatable bonds is 9. The Bertz CT molecular complexity index is 1140. The number of hydrogen-bond donors (Lipinski definition) is 3. The topological polar surface area (TPSA) is 131 Å². The highest BCUT2D eigenvalue weighted by Crippen LogP contribution is 2.44. The summed E-state index contributed by atoms with van der Waals surface area (Å²) in [5, 5.41) is 14.5. The number of benzene rings is 2. The Morgan fingerprint density at radius 2 is 1.68 bits per heavy atom. The smallest absolute Gasteiger partial charge is 0.407 e. The summed E-state index contributed by atoms with van der Waals surface area (Å²) in [7, 11) is 0. The van der Waals surface area contributed by atoms with Gasteiger partial charge in [-0.2, -0.15) is 0 Å². The van der Waals surface area contributed by atoms with Crippen molar-refractivity contribution in [1.29, 1.82) is 0 Å². The van der Waals surface area contributed by atoms with Crippen LogP contribution >= 0.6 is 0 Å². The first-order chi connectivity index (χ1) is 16.5. The molecule has 0 saturated heterocycles. The number of ether oxygens (including phenoxy) is 1. The first-order valence-corrected chi connectivity index (χ1v) is 10.9. The SMILES string of the molecule is O=C(NC(CCCNC(=O)c1cnccn1)C(=O)O)OCC1c2ccccc2-c2ccccc21. The number of carboxylic acid groups (broad SMARTS) is 1. The number of carboxylic acids is 1. The molecule has 1 aliphatic carbocycles. The van der Waals surface area contributed by atoms with Crippen LogP contribution in [0.1, 0.15) is 40.4 Å². The van der Waals surface area contributed by atoms with Gasteiger partial charge in [0.1, 0.15) is 18.3 Å². The van der Waals surface area contributed by atoms with Crippen molar-refractivity contribution in [3.05, 3.63) is 83.9 Å². The Morgan fingerprint density at radius 3 is 2.29 bits per heavy atom. The second-order valence-corrected chi connectivity index (χ2v) is 7.85. The van der Waals surface area contributed by atoms with Crippen LogP contribution in [0.2, 0.25) is 0 Å². The lowest BCUT2D eigenvalue weighted by Crippen LogP contribution is -2.42. The lowest BCUT2D eigenvalue weighted by Gasteiger charge is -2.17. The molecule has 9 nitrogen and oxygen atoms in total. The van der Waals surface area contributed by atoms with Gasteiger partial charge >= 0.3 is 12.1 Å². The molecule has 0 aliphatic heterocycles. The van der Waals surface area contributed by atoms with Crippen molar-refractivity contribution in [1.82, 2.24) is 20.6 Å². The fraction of sp³-hybridized carbons (Fsp3) is 0.240. The van der Waals surface area contributed by atoms with E-state index in [0.29, 0.717) is 6.42 Å². The second kappa shape index (κ2) is 10.6. The van der Waals surface area contributed by atoms with Crippen LogP contribution in [0.4, 0.5) is 4.79 Å². The number of nitrogens with zero attached hydrogens (tertiary/aromatic N) is 2. The van der Waals surface area contributed by atoms with Gasteiger partial charge in [0.2, 0.25) is 0 Å². The van der Waals surface area contributed by atoms with Crippen molar-refractivity contribution in [3.8, 4) is 11.1 Å². The summed E-state index contributed by atoms with van der Waals surface area (Å²) in [6.07, 6.45) is 3.88. The van der Waals surface area contributed by atoms with E-state index in [1.807, 2.05) is 48.5 Å². The summed E-state index contributed by atoms with van der Waals surface area (Å²) in [6.45, 7) is 0.325. The monoisotopic (exact) mass is 460 g/mol. The van der Waals surface area contributed by atoms with Gasteiger partial charge < -0.3 is 20.5 Å². The number of carbonyl (C=O) groups excluding carboxylic acids is 2. The lowest BCUT2D eigenvalue weighted by molar-refractivity contribution is -0.139. The van der Waals surface area contributed by atoms with Crippen molar-refractivity contribution in [2.75, 3.05) is 13.2 Å². The molecule has 2 aromatic carbocycles. The molecule has 2 amide bonds. The summed E-state index contributed by atoms with van der Waals surface area (Å²) in [6, 6.07) is 14.8. The molecule has 0 bridgehead atoms. The molecule has 174 valence electrons. The molecule has 9 heteroatoms. The largest absolute Gasteiger partial charge is 0.480 e. The van der Waals surface area contributed by atoms with E-state index in [4.69, 9.17) is 4.74 Å². The number of hydrogen-bond acceptors (Lipinski definition) is 6.